The molecule has 0 aliphatic heterocycles. The van der Waals surface area contributed by atoms with Gasteiger partial charge >= 0.3 is 0 Å². The molecule has 0 nitrogen and oxygen atoms in total. The van der Waals surface area contributed by atoms with Gasteiger partial charge in [-0.3, -0.25) is 0 Å². The largest absolute Gasteiger partial charge is 0.126 e. The fourth-order valence-electron chi connectivity index (χ4n) is 2.61. The lowest BCUT2D eigenvalue weighted by atomic mass is 9.82. The Hall–Kier alpha value is -0.200. The Labute approximate surface area is 114 Å². The molecule has 17 heavy (non-hydrogen) atoms. The molecule has 0 amide bonds. The van der Waals surface area contributed by atoms with Crippen LogP contribution in [0.15, 0.2) is 18.2 Å². The maximum Gasteiger partial charge on any atom is 0.0294 e. The summed E-state index contributed by atoms with van der Waals surface area (Å²) in [6, 6.07) is 6.92. The van der Waals surface area contributed by atoms with Gasteiger partial charge in [-0.15, -0.1) is 23.2 Å². The van der Waals surface area contributed by atoms with Crippen molar-refractivity contribution >= 4 is 23.2 Å². The third kappa shape index (κ3) is 2.80. The third-order valence-electron chi connectivity index (χ3n) is 4.06. The number of aryl methyl sites for hydroxylation is 2. The van der Waals surface area contributed by atoms with Crippen LogP contribution in [0, 0.1) is 5.41 Å². The summed E-state index contributed by atoms with van der Waals surface area (Å²) in [5, 5.41) is 0. The van der Waals surface area contributed by atoms with Gasteiger partial charge in [-0.1, -0.05) is 25.1 Å². The van der Waals surface area contributed by atoms with E-state index >= 15 is 0 Å². The molecule has 0 aromatic heterocycles. The fourth-order valence-corrected chi connectivity index (χ4v) is 3.46. The maximum absolute atomic E-state index is 6.11. The second-order valence-corrected chi connectivity index (χ2v) is 5.79. The van der Waals surface area contributed by atoms with Gasteiger partial charge in [0.05, 0.1) is 0 Å². The molecule has 1 aromatic rings. The van der Waals surface area contributed by atoms with Crippen molar-refractivity contribution < 1.29 is 0 Å². The van der Waals surface area contributed by atoms with Gasteiger partial charge in [0.2, 0.25) is 0 Å². The predicted octanol–water partition coefficient (Wildman–Crippen LogP) is 4.59. The summed E-state index contributed by atoms with van der Waals surface area (Å²) in [4.78, 5) is 0. The third-order valence-corrected chi connectivity index (χ3v) is 5.19. The first kappa shape index (κ1) is 13.2. The molecule has 0 heterocycles. The van der Waals surface area contributed by atoms with Crippen LogP contribution in [-0.4, -0.2) is 11.8 Å². The molecule has 0 saturated carbocycles. The second-order valence-electron chi connectivity index (χ2n) is 5.25. The Morgan fingerprint density at radius 1 is 1.12 bits per heavy atom. The summed E-state index contributed by atoms with van der Waals surface area (Å²) in [6.07, 6.45) is 5.84. The zero-order valence-electron chi connectivity index (χ0n) is 10.4. The lowest BCUT2D eigenvalue weighted by Gasteiger charge is -2.28. The molecule has 0 saturated heterocycles. The van der Waals surface area contributed by atoms with Crippen LogP contribution in [0.2, 0.25) is 0 Å². The van der Waals surface area contributed by atoms with E-state index in [1.54, 1.807) is 0 Å². The highest BCUT2D eigenvalue weighted by atomic mass is 35.5. The van der Waals surface area contributed by atoms with Gasteiger partial charge in [-0.05, 0) is 48.8 Å². The van der Waals surface area contributed by atoms with Crippen molar-refractivity contribution in [1.29, 1.82) is 0 Å². The van der Waals surface area contributed by atoms with Crippen molar-refractivity contribution in [2.24, 2.45) is 5.41 Å². The van der Waals surface area contributed by atoms with Crippen molar-refractivity contribution in [3.05, 3.63) is 34.9 Å². The number of rotatable bonds is 5. The van der Waals surface area contributed by atoms with E-state index < -0.39 is 0 Å². The smallest absolute Gasteiger partial charge is 0.0294 e. The van der Waals surface area contributed by atoms with Gasteiger partial charge in [0, 0.05) is 17.2 Å². The summed E-state index contributed by atoms with van der Waals surface area (Å²) in [7, 11) is 0. The molecule has 0 atom stereocenters. The van der Waals surface area contributed by atoms with Gasteiger partial charge in [0.15, 0.2) is 0 Å². The Kier molecular flexibility index (Phi) is 4.38. The molecule has 0 unspecified atom stereocenters. The minimum Gasteiger partial charge on any atom is -0.126 e. The highest BCUT2D eigenvalue weighted by Gasteiger charge is 2.27. The molecule has 0 N–H and O–H groups in total. The van der Waals surface area contributed by atoms with Crippen molar-refractivity contribution in [3.63, 3.8) is 0 Å². The van der Waals surface area contributed by atoms with Crippen molar-refractivity contribution in [2.45, 2.75) is 39.0 Å². The van der Waals surface area contributed by atoms with Crippen LogP contribution < -0.4 is 0 Å². The number of hydrogen-bond donors (Lipinski definition) is 0. The molecule has 0 bridgehead atoms. The van der Waals surface area contributed by atoms with Gasteiger partial charge in [-0.2, -0.15) is 0 Å². The maximum atomic E-state index is 6.11. The number of hydrogen-bond acceptors (Lipinski definition) is 0. The summed E-state index contributed by atoms with van der Waals surface area (Å²) in [5.41, 5.74) is 4.54. The first-order valence-electron chi connectivity index (χ1n) is 6.45. The van der Waals surface area contributed by atoms with Crippen LogP contribution in [0.1, 0.15) is 36.5 Å². The van der Waals surface area contributed by atoms with E-state index in [0.717, 1.165) is 12.8 Å². The minimum atomic E-state index is 0.0654. The lowest BCUT2D eigenvalue weighted by molar-refractivity contribution is 0.362. The molecule has 1 aromatic carbocycles. The lowest BCUT2D eigenvalue weighted by Crippen LogP contribution is -2.27. The highest BCUT2D eigenvalue weighted by molar-refractivity contribution is 6.21. The van der Waals surface area contributed by atoms with Gasteiger partial charge in [0.25, 0.3) is 0 Å². The Morgan fingerprint density at radius 3 is 2.47 bits per heavy atom. The van der Waals surface area contributed by atoms with Crippen molar-refractivity contribution in [1.82, 2.24) is 0 Å². The first-order chi connectivity index (χ1) is 8.23. The van der Waals surface area contributed by atoms with E-state index in [0.29, 0.717) is 11.8 Å². The minimum absolute atomic E-state index is 0.0654. The summed E-state index contributed by atoms with van der Waals surface area (Å²) in [5.74, 6) is 1.29. The molecular weight excluding hydrogens is 251 g/mol. The monoisotopic (exact) mass is 270 g/mol. The van der Waals surface area contributed by atoms with Crippen LogP contribution in [0.3, 0.4) is 0 Å². The van der Waals surface area contributed by atoms with Crippen LogP contribution in [0.5, 0.6) is 0 Å². The summed E-state index contributed by atoms with van der Waals surface area (Å²) >= 11 is 12.2. The molecule has 1 aliphatic rings. The van der Waals surface area contributed by atoms with Gasteiger partial charge < -0.3 is 0 Å². The number of benzene rings is 1. The first-order valence-corrected chi connectivity index (χ1v) is 7.52. The topological polar surface area (TPSA) is 0 Å². The molecule has 2 rings (SSSR count). The Bertz CT molecular complexity index is 372. The van der Waals surface area contributed by atoms with E-state index in [-0.39, 0.29) is 5.41 Å². The zero-order chi connectivity index (χ0) is 12.3. The van der Waals surface area contributed by atoms with Gasteiger partial charge in [0.1, 0.15) is 0 Å². The number of fused-ring (bicyclic) bond motifs is 1. The van der Waals surface area contributed by atoms with E-state index in [2.05, 4.69) is 25.1 Å². The fraction of sp³-hybridized carbons (Fsp3) is 0.600. The van der Waals surface area contributed by atoms with Crippen LogP contribution >= 0.6 is 23.2 Å². The SMILES string of the molecule is CCC(CCl)(CCl)Cc1ccc2c(c1)CCC2. The zero-order valence-corrected chi connectivity index (χ0v) is 11.9. The molecule has 0 spiro atoms. The summed E-state index contributed by atoms with van der Waals surface area (Å²) < 4.78 is 0. The van der Waals surface area contributed by atoms with E-state index in [9.17, 15) is 0 Å². The molecule has 0 fully saturated rings. The molecule has 1 aliphatic carbocycles. The molecule has 0 radical (unpaired) electrons. The van der Waals surface area contributed by atoms with E-state index in [1.807, 2.05) is 0 Å². The van der Waals surface area contributed by atoms with E-state index in [1.165, 1.54) is 36.0 Å². The number of halogens is 2. The molecule has 94 valence electrons. The van der Waals surface area contributed by atoms with Gasteiger partial charge in [-0.25, -0.2) is 0 Å². The van der Waals surface area contributed by atoms with E-state index in [4.69, 9.17) is 23.2 Å². The van der Waals surface area contributed by atoms with Crippen LogP contribution in [0.25, 0.3) is 0 Å². The Morgan fingerprint density at radius 2 is 1.82 bits per heavy atom. The second kappa shape index (κ2) is 5.63. The van der Waals surface area contributed by atoms with Crippen LogP contribution in [0.4, 0.5) is 0 Å². The number of alkyl halides is 2. The average molecular weight is 271 g/mol. The quantitative estimate of drug-likeness (QED) is 0.687. The highest BCUT2D eigenvalue weighted by Crippen LogP contribution is 2.32. The molecular formula is C15H20Cl2. The summed E-state index contributed by atoms with van der Waals surface area (Å²) in [6.45, 7) is 2.18. The average Bonchev–Trinajstić information content (AvgIpc) is 2.83. The predicted molar refractivity (Wildman–Crippen MR) is 76.3 cm³/mol. The Balaban J connectivity index is 2.18. The standard InChI is InChI=1S/C15H20Cl2/c1-2-15(10-16,11-17)9-12-6-7-13-4-3-5-14(13)8-12/h6-8H,2-5,9-11H2,1H3. The van der Waals surface area contributed by atoms with Crippen LogP contribution in [-0.2, 0) is 19.3 Å². The normalized spacial score (nSPS) is 15.0. The van der Waals surface area contributed by atoms with Crippen molar-refractivity contribution in [2.75, 3.05) is 11.8 Å². The van der Waals surface area contributed by atoms with Crippen molar-refractivity contribution in [3.8, 4) is 0 Å². The molecule has 2 heteroatoms.